The van der Waals surface area contributed by atoms with Gasteiger partial charge in [-0.3, -0.25) is 0 Å². The van der Waals surface area contributed by atoms with Crippen LogP contribution in [0.25, 0.3) is 0 Å². The first-order valence-electron chi connectivity index (χ1n) is 6.01. The molecule has 0 saturated heterocycles. The lowest BCUT2D eigenvalue weighted by Crippen LogP contribution is -2.32. The fraction of sp³-hybridized carbons (Fsp3) is 0.385. The maximum Gasteiger partial charge on any atom is 0.329 e. The Kier molecular flexibility index (Phi) is 6.47. The van der Waals surface area contributed by atoms with Crippen molar-refractivity contribution in [2.24, 2.45) is 0 Å². The zero-order valence-corrected chi connectivity index (χ0v) is 12.9. The summed E-state index contributed by atoms with van der Waals surface area (Å²) < 4.78 is 5.77. The molecule has 1 aromatic carbocycles. The minimum Gasteiger partial charge on any atom is -0.480 e. The highest BCUT2D eigenvalue weighted by Gasteiger charge is 2.08. The van der Waals surface area contributed by atoms with Gasteiger partial charge in [-0.25, -0.2) is 9.59 Å². The smallest absolute Gasteiger partial charge is 0.329 e. The summed E-state index contributed by atoms with van der Waals surface area (Å²) in [5.74, 6) is -1.03. The van der Waals surface area contributed by atoms with Gasteiger partial charge in [0.25, 0.3) is 0 Å². The van der Waals surface area contributed by atoms with Crippen molar-refractivity contribution >= 4 is 33.6 Å². The highest BCUT2D eigenvalue weighted by atomic mass is 79.9. The number of aliphatic carboxylic acids is 1. The highest BCUT2D eigenvalue weighted by Crippen LogP contribution is 2.24. The largest absolute Gasteiger partial charge is 0.480 e. The highest BCUT2D eigenvalue weighted by molar-refractivity contribution is 9.10. The van der Waals surface area contributed by atoms with E-state index in [-0.39, 0.29) is 25.8 Å². The second kappa shape index (κ2) is 7.86. The number of hydrogen-bond acceptors (Lipinski definition) is 3. The first-order valence-corrected chi connectivity index (χ1v) is 6.80. The third-order valence-electron chi connectivity index (χ3n) is 2.49. The molecule has 1 aromatic rings. The standard InChI is InChI=1S/C13H17BrN2O4/c1-8-5-10(14)6-9(2)12(8)16-13(19)15-3-4-20-7-11(17)18/h5-6H,3-4,7H2,1-2H3,(H,17,18)(H2,15,16,19). The monoisotopic (exact) mass is 344 g/mol. The quantitative estimate of drug-likeness (QED) is 0.691. The van der Waals surface area contributed by atoms with E-state index in [1.54, 1.807) is 0 Å². The van der Waals surface area contributed by atoms with Crippen LogP contribution >= 0.6 is 15.9 Å². The molecular weight excluding hydrogens is 328 g/mol. The number of amides is 2. The number of halogens is 1. The zero-order valence-electron chi connectivity index (χ0n) is 11.3. The first kappa shape index (κ1) is 16.5. The van der Waals surface area contributed by atoms with E-state index in [9.17, 15) is 9.59 Å². The Morgan fingerprint density at radius 3 is 2.45 bits per heavy atom. The number of rotatable bonds is 6. The van der Waals surface area contributed by atoms with Crippen LogP contribution in [0.15, 0.2) is 16.6 Å². The minimum atomic E-state index is -1.03. The molecule has 0 atom stereocenters. The van der Waals surface area contributed by atoms with Crippen LogP contribution in [0.2, 0.25) is 0 Å². The number of carbonyl (C=O) groups excluding carboxylic acids is 1. The van der Waals surface area contributed by atoms with Gasteiger partial charge in [-0.05, 0) is 37.1 Å². The van der Waals surface area contributed by atoms with E-state index in [1.165, 1.54) is 0 Å². The summed E-state index contributed by atoms with van der Waals surface area (Å²) in [6.07, 6.45) is 0. The van der Waals surface area contributed by atoms with Crippen molar-refractivity contribution in [1.82, 2.24) is 5.32 Å². The number of carboxylic acid groups (broad SMARTS) is 1. The Labute approximate surface area is 125 Å². The molecule has 3 N–H and O–H groups in total. The molecule has 0 aliphatic rings. The lowest BCUT2D eigenvalue weighted by atomic mass is 10.1. The molecule has 0 aromatic heterocycles. The third kappa shape index (κ3) is 5.58. The lowest BCUT2D eigenvalue weighted by molar-refractivity contribution is -0.142. The van der Waals surface area contributed by atoms with Crippen molar-refractivity contribution in [3.05, 3.63) is 27.7 Å². The molecule has 0 radical (unpaired) electrons. The fourth-order valence-corrected chi connectivity index (χ4v) is 2.35. The van der Waals surface area contributed by atoms with Crippen LogP contribution in [0, 0.1) is 13.8 Å². The molecule has 0 heterocycles. The number of carboxylic acids is 1. The van der Waals surface area contributed by atoms with E-state index < -0.39 is 5.97 Å². The van der Waals surface area contributed by atoms with Gasteiger partial charge >= 0.3 is 12.0 Å². The number of anilines is 1. The number of carbonyl (C=O) groups is 2. The van der Waals surface area contributed by atoms with E-state index in [0.29, 0.717) is 0 Å². The van der Waals surface area contributed by atoms with Crippen molar-refractivity contribution in [2.45, 2.75) is 13.8 Å². The van der Waals surface area contributed by atoms with Gasteiger partial charge in [-0.2, -0.15) is 0 Å². The molecule has 0 spiro atoms. The van der Waals surface area contributed by atoms with E-state index in [2.05, 4.69) is 26.6 Å². The van der Waals surface area contributed by atoms with Gasteiger partial charge in [0, 0.05) is 16.7 Å². The molecule has 0 bridgehead atoms. The molecule has 0 unspecified atom stereocenters. The van der Waals surface area contributed by atoms with Crippen molar-refractivity contribution in [3.63, 3.8) is 0 Å². The predicted molar refractivity (Wildman–Crippen MR) is 79.1 cm³/mol. The normalized spacial score (nSPS) is 10.2. The molecule has 20 heavy (non-hydrogen) atoms. The second-order valence-electron chi connectivity index (χ2n) is 4.24. The average molecular weight is 345 g/mol. The Morgan fingerprint density at radius 1 is 1.30 bits per heavy atom. The number of aryl methyl sites for hydroxylation is 2. The van der Waals surface area contributed by atoms with Crippen LogP contribution in [-0.4, -0.2) is 36.9 Å². The van der Waals surface area contributed by atoms with Crippen molar-refractivity contribution in [2.75, 3.05) is 25.1 Å². The molecular formula is C13H17BrN2O4. The Balaban J connectivity index is 2.41. The maximum atomic E-state index is 11.7. The van der Waals surface area contributed by atoms with Crippen molar-refractivity contribution < 1.29 is 19.4 Å². The predicted octanol–water partition coefficient (Wildman–Crippen LogP) is 2.29. The maximum absolute atomic E-state index is 11.7. The van der Waals surface area contributed by atoms with Crippen LogP contribution in [-0.2, 0) is 9.53 Å². The van der Waals surface area contributed by atoms with Gasteiger partial charge in [0.1, 0.15) is 6.61 Å². The van der Waals surface area contributed by atoms with Gasteiger partial charge in [0.2, 0.25) is 0 Å². The number of urea groups is 1. The Bertz CT molecular complexity index is 482. The van der Waals surface area contributed by atoms with E-state index in [0.717, 1.165) is 21.3 Å². The van der Waals surface area contributed by atoms with Crippen molar-refractivity contribution in [1.29, 1.82) is 0 Å². The molecule has 7 heteroatoms. The summed E-state index contributed by atoms with van der Waals surface area (Å²) in [6, 6.07) is 3.48. The third-order valence-corrected chi connectivity index (χ3v) is 2.95. The van der Waals surface area contributed by atoms with Crippen LogP contribution in [0.4, 0.5) is 10.5 Å². The summed E-state index contributed by atoms with van der Waals surface area (Å²) in [7, 11) is 0. The summed E-state index contributed by atoms with van der Waals surface area (Å²) in [6.45, 7) is 3.84. The molecule has 0 aliphatic carbocycles. The van der Waals surface area contributed by atoms with Gasteiger partial charge in [-0.15, -0.1) is 0 Å². The molecule has 0 fully saturated rings. The van der Waals surface area contributed by atoms with Gasteiger partial charge in [0.05, 0.1) is 6.61 Å². The Morgan fingerprint density at radius 2 is 1.90 bits per heavy atom. The SMILES string of the molecule is Cc1cc(Br)cc(C)c1NC(=O)NCCOCC(=O)O. The molecule has 1 rings (SSSR count). The summed E-state index contributed by atoms with van der Waals surface area (Å²) in [4.78, 5) is 21.9. The Hall–Kier alpha value is -1.60. The summed E-state index contributed by atoms with van der Waals surface area (Å²) in [5.41, 5.74) is 2.67. The van der Waals surface area contributed by atoms with Crippen LogP contribution in [0.5, 0.6) is 0 Å². The number of benzene rings is 1. The second-order valence-corrected chi connectivity index (χ2v) is 5.16. The van der Waals surface area contributed by atoms with E-state index in [1.807, 2.05) is 26.0 Å². The van der Waals surface area contributed by atoms with Crippen molar-refractivity contribution in [3.8, 4) is 0 Å². The minimum absolute atomic E-state index is 0.151. The zero-order chi connectivity index (χ0) is 15.1. The number of hydrogen-bond donors (Lipinski definition) is 3. The first-order chi connectivity index (χ1) is 9.40. The number of ether oxygens (including phenoxy) is 1. The van der Waals surface area contributed by atoms with Crippen LogP contribution in [0.1, 0.15) is 11.1 Å². The molecule has 0 saturated carbocycles. The lowest BCUT2D eigenvalue weighted by Gasteiger charge is -2.13. The van der Waals surface area contributed by atoms with E-state index >= 15 is 0 Å². The van der Waals surface area contributed by atoms with E-state index in [4.69, 9.17) is 9.84 Å². The van der Waals surface area contributed by atoms with Gasteiger partial charge in [-0.1, -0.05) is 15.9 Å². The molecule has 2 amide bonds. The average Bonchev–Trinajstić information content (AvgIpc) is 2.33. The molecule has 0 aliphatic heterocycles. The number of nitrogens with one attached hydrogen (secondary N) is 2. The molecule has 6 nitrogen and oxygen atoms in total. The van der Waals surface area contributed by atoms with Gasteiger partial charge < -0.3 is 20.5 Å². The molecule has 110 valence electrons. The van der Waals surface area contributed by atoms with Crippen LogP contribution < -0.4 is 10.6 Å². The van der Waals surface area contributed by atoms with Crippen LogP contribution in [0.3, 0.4) is 0 Å². The van der Waals surface area contributed by atoms with Gasteiger partial charge in [0.15, 0.2) is 0 Å². The summed E-state index contributed by atoms with van der Waals surface area (Å²) in [5, 5.41) is 13.7. The fourth-order valence-electron chi connectivity index (χ4n) is 1.66. The topological polar surface area (TPSA) is 87.7 Å². The summed E-state index contributed by atoms with van der Waals surface area (Å²) >= 11 is 3.39.